The van der Waals surface area contributed by atoms with E-state index < -0.39 is 12.4 Å². The second-order valence-corrected chi connectivity index (χ2v) is 4.23. The van der Waals surface area contributed by atoms with Crippen LogP contribution in [0.4, 0.5) is 0 Å². The Morgan fingerprint density at radius 1 is 1.05 bits per heavy atom. The van der Waals surface area contributed by atoms with Crippen molar-refractivity contribution in [2.75, 3.05) is 20.3 Å². The second kappa shape index (κ2) is 8.91. The lowest BCUT2D eigenvalue weighted by Gasteiger charge is -2.22. The molecule has 0 amide bonds. The predicted molar refractivity (Wildman–Crippen MR) is 74.4 cm³/mol. The first-order valence-electron chi connectivity index (χ1n) is 6.75. The molecule has 0 heterocycles. The molecule has 0 saturated carbocycles. The van der Waals surface area contributed by atoms with Gasteiger partial charge in [0.15, 0.2) is 6.29 Å². The number of aryl methyl sites for hydroxylation is 1. The minimum atomic E-state index is -0.609. The van der Waals surface area contributed by atoms with Gasteiger partial charge in [-0.3, -0.25) is 0 Å². The molecule has 1 aromatic carbocycles. The monoisotopic (exact) mass is 268 g/mol. The summed E-state index contributed by atoms with van der Waals surface area (Å²) in [6.45, 7) is 4.85. The van der Waals surface area contributed by atoms with Gasteiger partial charge in [-0.05, 0) is 44.4 Å². The van der Waals surface area contributed by atoms with Crippen LogP contribution < -0.4 is 4.74 Å². The van der Waals surface area contributed by atoms with E-state index in [1.165, 1.54) is 0 Å². The zero-order valence-corrected chi connectivity index (χ0v) is 12.0. The minimum absolute atomic E-state index is 0.532. The van der Waals surface area contributed by atoms with E-state index in [9.17, 15) is 5.11 Å². The summed E-state index contributed by atoms with van der Waals surface area (Å²) in [4.78, 5) is 0. The SMILES string of the molecule is CCOC(OCC)C(O)CCc1ccc(OC)cc1. The largest absolute Gasteiger partial charge is 0.497 e. The topological polar surface area (TPSA) is 47.9 Å². The fourth-order valence-corrected chi connectivity index (χ4v) is 1.84. The number of methoxy groups -OCH3 is 1. The minimum Gasteiger partial charge on any atom is -0.497 e. The standard InChI is InChI=1S/C15H24O4/c1-4-18-15(19-5-2)14(16)11-8-12-6-9-13(17-3)10-7-12/h6-7,9-10,14-16H,4-5,8,11H2,1-3H3. The molecular weight excluding hydrogens is 244 g/mol. The lowest BCUT2D eigenvalue weighted by atomic mass is 10.1. The van der Waals surface area contributed by atoms with E-state index in [0.717, 1.165) is 17.7 Å². The summed E-state index contributed by atoms with van der Waals surface area (Å²) in [5.74, 6) is 0.839. The van der Waals surface area contributed by atoms with Crippen LogP contribution in [-0.2, 0) is 15.9 Å². The molecule has 4 nitrogen and oxygen atoms in total. The molecule has 0 radical (unpaired) electrons. The molecule has 108 valence electrons. The van der Waals surface area contributed by atoms with Crippen molar-refractivity contribution in [1.29, 1.82) is 0 Å². The molecule has 0 fully saturated rings. The second-order valence-electron chi connectivity index (χ2n) is 4.23. The Hall–Kier alpha value is -1.10. The maximum absolute atomic E-state index is 10.1. The maximum atomic E-state index is 10.1. The quantitative estimate of drug-likeness (QED) is 0.699. The van der Waals surface area contributed by atoms with Gasteiger partial charge in [-0.25, -0.2) is 0 Å². The molecule has 0 aromatic heterocycles. The van der Waals surface area contributed by atoms with E-state index in [2.05, 4.69) is 0 Å². The molecule has 0 saturated heterocycles. The summed E-state index contributed by atoms with van der Waals surface area (Å²) in [6, 6.07) is 7.85. The number of hydrogen-bond acceptors (Lipinski definition) is 4. The van der Waals surface area contributed by atoms with Crippen LogP contribution in [0, 0.1) is 0 Å². The van der Waals surface area contributed by atoms with Gasteiger partial charge in [0.25, 0.3) is 0 Å². The highest BCUT2D eigenvalue weighted by atomic mass is 16.7. The zero-order chi connectivity index (χ0) is 14.1. The predicted octanol–water partition coefficient (Wildman–Crippen LogP) is 2.39. The van der Waals surface area contributed by atoms with Crippen molar-refractivity contribution in [3.63, 3.8) is 0 Å². The summed E-state index contributed by atoms with van der Waals surface area (Å²) in [7, 11) is 1.65. The van der Waals surface area contributed by atoms with Gasteiger partial charge in [-0.2, -0.15) is 0 Å². The highest BCUT2D eigenvalue weighted by molar-refractivity contribution is 5.27. The Bertz CT molecular complexity index is 331. The number of rotatable bonds is 9. The van der Waals surface area contributed by atoms with Crippen LogP contribution in [0.1, 0.15) is 25.8 Å². The summed E-state index contributed by atoms with van der Waals surface area (Å²) in [5, 5.41) is 10.1. The third kappa shape index (κ3) is 5.59. The third-order valence-electron chi connectivity index (χ3n) is 2.86. The molecule has 1 aromatic rings. The Morgan fingerprint density at radius 2 is 1.63 bits per heavy atom. The lowest BCUT2D eigenvalue weighted by Crippen LogP contribution is -2.32. The number of ether oxygens (including phenoxy) is 3. The van der Waals surface area contributed by atoms with Gasteiger partial charge in [0.2, 0.25) is 0 Å². The van der Waals surface area contributed by atoms with Crippen molar-refractivity contribution >= 4 is 0 Å². The number of benzene rings is 1. The van der Waals surface area contributed by atoms with Gasteiger partial charge in [0.1, 0.15) is 11.9 Å². The van der Waals surface area contributed by atoms with Gasteiger partial charge >= 0.3 is 0 Å². The van der Waals surface area contributed by atoms with Crippen LogP contribution in [0.2, 0.25) is 0 Å². The third-order valence-corrected chi connectivity index (χ3v) is 2.86. The summed E-state index contributed by atoms with van der Waals surface area (Å²) in [6.07, 6.45) is 0.244. The molecule has 0 aliphatic heterocycles. The number of hydrogen-bond donors (Lipinski definition) is 1. The van der Waals surface area contributed by atoms with E-state index in [-0.39, 0.29) is 0 Å². The van der Waals surface area contributed by atoms with Crippen LogP contribution in [0.5, 0.6) is 5.75 Å². The molecule has 1 rings (SSSR count). The van der Waals surface area contributed by atoms with Crippen molar-refractivity contribution in [3.05, 3.63) is 29.8 Å². The average molecular weight is 268 g/mol. The summed E-state index contributed by atoms with van der Waals surface area (Å²) >= 11 is 0. The summed E-state index contributed by atoms with van der Waals surface area (Å²) in [5.41, 5.74) is 1.16. The van der Waals surface area contributed by atoms with E-state index in [1.54, 1.807) is 7.11 Å². The van der Waals surface area contributed by atoms with Crippen LogP contribution in [0.25, 0.3) is 0 Å². The van der Waals surface area contributed by atoms with Crippen LogP contribution >= 0.6 is 0 Å². The molecule has 0 aliphatic carbocycles. The van der Waals surface area contributed by atoms with Gasteiger partial charge < -0.3 is 19.3 Å². The fraction of sp³-hybridized carbons (Fsp3) is 0.600. The molecule has 0 spiro atoms. The molecular formula is C15H24O4. The normalized spacial score (nSPS) is 12.7. The van der Waals surface area contributed by atoms with Crippen LogP contribution in [0.15, 0.2) is 24.3 Å². The maximum Gasteiger partial charge on any atom is 0.183 e. The van der Waals surface area contributed by atoms with Gasteiger partial charge in [-0.15, -0.1) is 0 Å². The van der Waals surface area contributed by atoms with Crippen molar-refractivity contribution in [2.24, 2.45) is 0 Å². The number of aliphatic hydroxyl groups is 1. The molecule has 0 bridgehead atoms. The van der Waals surface area contributed by atoms with Crippen molar-refractivity contribution < 1.29 is 19.3 Å². The van der Waals surface area contributed by atoms with E-state index in [4.69, 9.17) is 14.2 Å². The Kier molecular flexibility index (Phi) is 7.48. The van der Waals surface area contributed by atoms with E-state index in [1.807, 2.05) is 38.1 Å². The van der Waals surface area contributed by atoms with Crippen LogP contribution in [-0.4, -0.2) is 37.8 Å². The van der Waals surface area contributed by atoms with E-state index >= 15 is 0 Å². The number of aliphatic hydroxyl groups excluding tert-OH is 1. The summed E-state index contributed by atoms with van der Waals surface area (Å²) < 4.78 is 15.9. The first-order chi connectivity index (χ1) is 9.21. The van der Waals surface area contributed by atoms with Gasteiger partial charge in [0.05, 0.1) is 7.11 Å². The first-order valence-corrected chi connectivity index (χ1v) is 6.75. The molecule has 1 unspecified atom stereocenters. The lowest BCUT2D eigenvalue weighted by molar-refractivity contribution is -0.190. The molecule has 0 aliphatic rings. The van der Waals surface area contributed by atoms with Crippen LogP contribution in [0.3, 0.4) is 0 Å². The molecule has 19 heavy (non-hydrogen) atoms. The Labute approximate surface area is 115 Å². The Morgan fingerprint density at radius 3 is 2.11 bits per heavy atom. The van der Waals surface area contributed by atoms with Crippen molar-refractivity contribution in [3.8, 4) is 5.75 Å². The highest BCUT2D eigenvalue weighted by Gasteiger charge is 2.19. The van der Waals surface area contributed by atoms with E-state index in [0.29, 0.717) is 19.6 Å². The van der Waals surface area contributed by atoms with Crippen molar-refractivity contribution in [2.45, 2.75) is 39.1 Å². The van der Waals surface area contributed by atoms with Crippen molar-refractivity contribution in [1.82, 2.24) is 0 Å². The average Bonchev–Trinajstić information content (AvgIpc) is 2.45. The zero-order valence-electron chi connectivity index (χ0n) is 12.0. The molecule has 4 heteroatoms. The van der Waals surface area contributed by atoms with Gasteiger partial charge in [-0.1, -0.05) is 12.1 Å². The highest BCUT2D eigenvalue weighted by Crippen LogP contribution is 2.15. The smallest absolute Gasteiger partial charge is 0.183 e. The fourth-order valence-electron chi connectivity index (χ4n) is 1.84. The Balaban J connectivity index is 2.44. The molecule has 1 N–H and O–H groups in total. The first kappa shape index (κ1) is 16.0. The van der Waals surface area contributed by atoms with Gasteiger partial charge in [0, 0.05) is 13.2 Å². The molecule has 1 atom stereocenters.